The molecule has 0 amide bonds. The van der Waals surface area contributed by atoms with Crippen molar-refractivity contribution < 1.29 is 13.2 Å². The second kappa shape index (κ2) is 4.73. The Hall–Kier alpha value is -0.640. The summed E-state index contributed by atoms with van der Waals surface area (Å²) in [6.45, 7) is 0. The number of hydrogen-bond acceptors (Lipinski definition) is 4. The van der Waals surface area contributed by atoms with Gasteiger partial charge in [-0.05, 0) is 19.3 Å². The number of sulfonamides is 1. The van der Waals surface area contributed by atoms with Gasteiger partial charge in [-0.25, -0.2) is 13.1 Å². The van der Waals surface area contributed by atoms with Crippen LogP contribution in [0.15, 0.2) is 0 Å². The van der Waals surface area contributed by atoms with Gasteiger partial charge in [-0.1, -0.05) is 0 Å². The highest BCUT2D eigenvalue weighted by molar-refractivity contribution is 7.89. The molecule has 2 unspecified atom stereocenters. The minimum atomic E-state index is -3.45. The summed E-state index contributed by atoms with van der Waals surface area (Å²) in [6, 6.07) is 1.46. The molecule has 0 aromatic heterocycles. The van der Waals surface area contributed by atoms with E-state index < -0.39 is 15.8 Å². The molecule has 1 rings (SSSR count). The molecule has 5 nitrogen and oxygen atoms in total. The first-order chi connectivity index (χ1) is 6.59. The maximum absolute atomic E-state index is 11.3. The van der Waals surface area contributed by atoms with E-state index in [0.717, 1.165) is 19.3 Å². The fourth-order valence-electron chi connectivity index (χ4n) is 1.70. The largest absolute Gasteiger partial charge is 0.380 e. The number of ether oxygens (including phenoxy) is 1. The standard InChI is InChI=1S/C8H14N2O3S/c1-13-8-4-2-3-7(8)10-14(11,12)6-5-9/h7-8,10H,2-4,6H2,1H3. The van der Waals surface area contributed by atoms with E-state index in [1.807, 2.05) is 0 Å². The summed E-state index contributed by atoms with van der Waals surface area (Å²) in [5, 5.41) is 8.30. The molecule has 0 saturated heterocycles. The van der Waals surface area contributed by atoms with Gasteiger partial charge in [-0.2, -0.15) is 5.26 Å². The van der Waals surface area contributed by atoms with Crippen molar-refractivity contribution in [3.05, 3.63) is 0 Å². The number of nitrogens with zero attached hydrogens (tertiary/aromatic N) is 1. The minimum absolute atomic E-state index is 0.0523. The van der Waals surface area contributed by atoms with Crippen molar-refractivity contribution >= 4 is 10.0 Å². The monoisotopic (exact) mass is 218 g/mol. The van der Waals surface area contributed by atoms with Gasteiger partial charge in [0.25, 0.3) is 0 Å². The molecule has 0 heterocycles. The highest BCUT2D eigenvalue weighted by Crippen LogP contribution is 2.21. The zero-order valence-electron chi connectivity index (χ0n) is 8.06. The predicted octanol–water partition coefficient (Wildman–Crippen LogP) is -0.00312. The van der Waals surface area contributed by atoms with Gasteiger partial charge in [-0.3, -0.25) is 0 Å². The van der Waals surface area contributed by atoms with E-state index in [0.29, 0.717) is 0 Å². The molecule has 0 aromatic rings. The Labute approximate surface area is 84.1 Å². The lowest BCUT2D eigenvalue weighted by Crippen LogP contribution is -2.41. The SMILES string of the molecule is COC1CCCC1NS(=O)(=O)CC#N. The van der Waals surface area contributed by atoms with Crippen molar-refractivity contribution in [1.82, 2.24) is 4.72 Å². The third-order valence-electron chi connectivity index (χ3n) is 2.34. The van der Waals surface area contributed by atoms with Crippen LogP contribution in [0, 0.1) is 11.3 Å². The fourth-order valence-corrected chi connectivity index (χ4v) is 2.68. The van der Waals surface area contributed by atoms with Gasteiger partial charge in [0.2, 0.25) is 10.0 Å². The third kappa shape index (κ3) is 2.94. The average Bonchev–Trinajstić information content (AvgIpc) is 2.50. The predicted molar refractivity (Wildman–Crippen MR) is 51.0 cm³/mol. The van der Waals surface area contributed by atoms with Crippen LogP contribution in [0.1, 0.15) is 19.3 Å². The van der Waals surface area contributed by atoms with Gasteiger partial charge >= 0.3 is 0 Å². The van der Waals surface area contributed by atoms with Gasteiger partial charge in [0.15, 0.2) is 5.75 Å². The number of rotatable bonds is 4. The lowest BCUT2D eigenvalue weighted by atomic mass is 10.2. The molecule has 0 bridgehead atoms. The van der Waals surface area contributed by atoms with E-state index in [2.05, 4.69) is 4.72 Å². The summed E-state index contributed by atoms with van der Waals surface area (Å²) in [5.41, 5.74) is 0. The summed E-state index contributed by atoms with van der Waals surface area (Å²) in [7, 11) is -1.88. The highest BCUT2D eigenvalue weighted by atomic mass is 32.2. The maximum Gasteiger partial charge on any atom is 0.225 e. The van der Waals surface area contributed by atoms with Gasteiger partial charge < -0.3 is 4.74 Å². The lowest BCUT2D eigenvalue weighted by Gasteiger charge is -2.18. The summed E-state index contributed by atoms with van der Waals surface area (Å²) in [4.78, 5) is 0. The zero-order valence-corrected chi connectivity index (χ0v) is 8.88. The quantitative estimate of drug-likeness (QED) is 0.720. The molecule has 6 heteroatoms. The van der Waals surface area contributed by atoms with Gasteiger partial charge in [-0.15, -0.1) is 0 Å². The van der Waals surface area contributed by atoms with Crippen LogP contribution in [0.5, 0.6) is 0 Å². The Morgan fingerprint density at radius 1 is 1.57 bits per heavy atom. The zero-order chi connectivity index (χ0) is 10.6. The molecule has 0 aromatic carbocycles. The first-order valence-electron chi connectivity index (χ1n) is 4.49. The van der Waals surface area contributed by atoms with E-state index >= 15 is 0 Å². The van der Waals surface area contributed by atoms with Crippen LogP contribution in [0.4, 0.5) is 0 Å². The van der Waals surface area contributed by atoms with Gasteiger partial charge in [0.05, 0.1) is 12.2 Å². The smallest absolute Gasteiger partial charge is 0.225 e. The Bertz CT molecular complexity index is 320. The van der Waals surface area contributed by atoms with Crippen molar-refractivity contribution in [2.24, 2.45) is 0 Å². The fraction of sp³-hybridized carbons (Fsp3) is 0.875. The summed E-state index contributed by atoms with van der Waals surface area (Å²) in [5.74, 6) is -0.486. The first-order valence-corrected chi connectivity index (χ1v) is 6.14. The van der Waals surface area contributed by atoms with Crippen LogP contribution in [0.3, 0.4) is 0 Å². The van der Waals surface area contributed by atoms with Crippen LogP contribution >= 0.6 is 0 Å². The second-order valence-electron chi connectivity index (χ2n) is 3.35. The number of nitrogens with one attached hydrogen (secondary N) is 1. The Morgan fingerprint density at radius 2 is 2.29 bits per heavy atom. The van der Waals surface area contributed by atoms with Gasteiger partial charge in [0.1, 0.15) is 0 Å². The molecule has 1 N–H and O–H groups in total. The highest BCUT2D eigenvalue weighted by Gasteiger charge is 2.30. The molecular weight excluding hydrogens is 204 g/mol. The number of hydrogen-bond donors (Lipinski definition) is 1. The summed E-state index contributed by atoms with van der Waals surface area (Å²) < 4.78 is 30.1. The van der Waals surface area contributed by atoms with Crippen molar-refractivity contribution in [2.75, 3.05) is 12.9 Å². The number of nitriles is 1. The Balaban J connectivity index is 2.56. The van der Waals surface area contributed by atoms with E-state index in [9.17, 15) is 8.42 Å². The van der Waals surface area contributed by atoms with E-state index in [1.165, 1.54) is 0 Å². The molecule has 2 atom stereocenters. The van der Waals surface area contributed by atoms with Crippen LogP contribution < -0.4 is 4.72 Å². The van der Waals surface area contributed by atoms with Crippen molar-refractivity contribution in [3.63, 3.8) is 0 Å². The van der Waals surface area contributed by atoms with Gasteiger partial charge in [0, 0.05) is 13.2 Å². The molecule has 0 spiro atoms. The Kier molecular flexibility index (Phi) is 3.86. The molecule has 80 valence electrons. The molecule has 0 radical (unpaired) electrons. The van der Waals surface area contributed by atoms with Crippen LogP contribution in [-0.2, 0) is 14.8 Å². The van der Waals surface area contributed by atoms with Crippen LogP contribution in [0.25, 0.3) is 0 Å². The molecule has 1 aliphatic carbocycles. The van der Waals surface area contributed by atoms with Crippen molar-refractivity contribution in [3.8, 4) is 6.07 Å². The van der Waals surface area contributed by atoms with E-state index in [1.54, 1.807) is 13.2 Å². The van der Waals surface area contributed by atoms with E-state index in [-0.39, 0.29) is 12.1 Å². The first kappa shape index (κ1) is 11.4. The topological polar surface area (TPSA) is 79.2 Å². The molecule has 1 fully saturated rings. The lowest BCUT2D eigenvalue weighted by molar-refractivity contribution is 0.0917. The van der Waals surface area contributed by atoms with Crippen LogP contribution in [-0.4, -0.2) is 33.4 Å². The summed E-state index contributed by atoms with van der Waals surface area (Å²) in [6.07, 6.45) is 2.56. The third-order valence-corrected chi connectivity index (χ3v) is 3.51. The molecule has 0 aliphatic heterocycles. The average molecular weight is 218 g/mol. The van der Waals surface area contributed by atoms with Crippen molar-refractivity contribution in [1.29, 1.82) is 5.26 Å². The molecule has 1 saturated carbocycles. The molecular formula is C8H14N2O3S. The van der Waals surface area contributed by atoms with Crippen LogP contribution in [0.2, 0.25) is 0 Å². The van der Waals surface area contributed by atoms with E-state index in [4.69, 9.17) is 10.00 Å². The molecule has 14 heavy (non-hydrogen) atoms. The normalized spacial score (nSPS) is 27.4. The second-order valence-corrected chi connectivity index (χ2v) is 5.10. The Morgan fingerprint density at radius 3 is 2.86 bits per heavy atom. The number of methoxy groups -OCH3 is 1. The minimum Gasteiger partial charge on any atom is -0.380 e. The molecule has 1 aliphatic rings. The maximum atomic E-state index is 11.3. The summed E-state index contributed by atoms with van der Waals surface area (Å²) >= 11 is 0. The van der Waals surface area contributed by atoms with Crippen molar-refractivity contribution in [2.45, 2.75) is 31.4 Å².